The molecule has 28 heavy (non-hydrogen) atoms. The number of carbonyl (C=O) groups excluding carboxylic acids is 1. The number of ether oxygens (including phenoxy) is 2. The minimum Gasteiger partial charge on any atom is -0.497 e. The van der Waals surface area contributed by atoms with Crippen LogP contribution in [-0.2, 0) is 9.53 Å². The molecular formula is C20H26O8. The lowest BCUT2D eigenvalue weighted by Crippen LogP contribution is -2.47. The van der Waals surface area contributed by atoms with Gasteiger partial charge in [0.2, 0.25) is 0 Å². The van der Waals surface area contributed by atoms with Crippen molar-refractivity contribution in [2.24, 2.45) is 0 Å². The summed E-state index contributed by atoms with van der Waals surface area (Å²) in [5.41, 5.74) is 0.716. The Balaban J connectivity index is 1.99. The summed E-state index contributed by atoms with van der Waals surface area (Å²) < 4.78 is 10.2. The summed E-state index contributed by atoms with van der Waals surface area (Å²) >= 11 is 0. The van der Waals surface area contributed by atoms with E-state index in [1.54, 1.807) is 20.1 Å². The number of benzene rings is 2. The fourth-order valence-electron chi connectivity index (χ4n) is 2.73. The molecule has 5 atom stereocenters. The van der Waals surface area contributed by atoms with Gasteiger partial charge < -0.3 is 35.0 Å². The van der Waals surface area contributed by atoms with Gasteiger partial charge in [-0.05, 0) is 35.4 Å². The Morgan fingerprint density at radius 1 is 0.964 bits per heavy atom. The third-order valence-corrected chi connectivity index (χ3v) is 4.65. The number of fused-ring (bicyclic) bond motifs is 1. The molecule has 0 saturated carbocycles. The van der Waals surface area contributed by atoms with E-state index in [4.69, 9.17) is 14.6 Å². The van der Waals surface area contributed by atoms with Crippen molar-refractivity contribution >= 4 is 16.7 Å². The highest BCUT2D eigenvalue weighted by Gasteiger charge is 2.31. The summed E-state index contributed by atoms with van der Waals surface area (Å²) in [4.78, 5) is 12.3. The summed E-state index contributed by atoms with van der Waals surface area (Å²) in [5.74, 6) is -0.506. The Kier molecular flexibility index (Phi) is 7.73. The molecule has 0 bridgehead atoms. The summed E-state index contributed by atoms with van der Waals surface area (Å²) in [6.07, 6.45) is -6.78. The molecule has 0 aliphatic rings. The first kappa shape index (κ1) is 22.1. The summed E-state index contributed by atoms with van der Waals surface area (Å²) in [6, 6.07) is 11.1. The van der Waals surface area contributed by atoms with Gasteiger partial charge in [-0.3, -0.25) is 4.79 Å². The highest BCUT2D eigenvalue weighted by molar-refractivity contribution is 5.86. The second-order valence-electron chi connectivity index (χ2n) is 6.62. The molecule has 0 aromatic heterocycles. The Labute approximate surface area is 162 Å². The first-order valence-electron chi connectivity index (χ1n) is 8.86. The van der Waals surface area contributed by atoms with Crippen LogP contribution in [-0.4, -0.2) is 76.2 Å². The fraction of sp³-hybridized carbons (Fsp3) is 0.450. The minimum absolute atomic E-state index is 0.565. The number of aliphatic hydroxyl groups excluding tert-OH is 5. The molecular weight excluding hydrogens is 368 g/mol. The lowest BCUT2D eigenvalue weighted by atomic mass is 9.97. The molecule has 0 radical (unpaired) electrons. The van der Waals surface area contributed by atoms with Crippen LogP contribution in [0.15, 0.2) is 36.4 Å². The molecule has 0 aliphatic carbocycles. The molecule has 5 N–H and O–H groups in total. The van der Waals surface area contributed by atoms with Crippen LogP contribution in [0.1, 0.15) is 18.4 Å². The Morgan fingerprint density at radius 3 is 2.21 bits per heavy atom. The lowest BCUT2D eigenvalue weighted by Gasteiger charge is -2.25. The third-order valence-electron chi connectivity index (χ3n) is 4.65. The van der Waals surface area contributed by atoms with Crippen molar-refractivity contribution in [2.45, 2.75) is 37.3 Å². The van der Waals surface area contributed by atoms with Crippen LogP contribution in [0.25, 0.3) is 10.8 Å². The molecule has 0 spiro atoms. The van der Waals surface area contributed by atoms with Crippen LogP contribution >= 0.6 is 0 Å². The number of esters is 1. The molecule has 0 heterocycles. The van der Waals surface area contributed by atoms with E-state index >= 15 is 0 Å². The van der Waals surface area contributed by atoms with E-state index < -0.39 is 49.5 Å². The van der Waals surface area contributed by atoms with Gasteiger partial charge in [-0.15, -0.1) is 0 Å². The van der Waals surface area contributed by atoms with E-state index in [1.165, 1.54) is 0 Å². The lowest BCUT2D eigenvalue weighted by molar-refractivity contribution is -0.157. The van der Waals surface area contributed by atoms with Gasteiger partial charge in [0, 0.05) is 0 Å². The smallest absolute Gasteiger partial charge is 0.313 e. The molecule has 2 aromatic carbocycles. The van der Waals surface area contributed by atoms with Gasteiger partial charge in [0.25, 0.3) is 0 Å². The maximum Gasteiger partial charge on any atom is 0.313 e. The number of hydrogen-bond donors (Lipinski definition) is 5. The summed E-state index contributed by atoms with van der Waals surface area (Å²) in [6.45, 7) is 0.306. The highest BCUT2D eigenvalue weighted by atomic mass is 16.5. The van der Waals surface area contributed by atoms with Gasteiger partial charge in [-0.1, -0.05) is 24.3 Å². The average Bonchev–Trinajstić information content (AvgIpc) is 2.73. The molecule has 8 heteroatoms. The van der Waals surface area contributed by atoms with E-state index in [1.807, 2.05) is 30.3 Å². The van der Waals surface area contributed by atoms with Gasteiger partial charge in [0.05, 0.1) is 19.6 Å². The number of methoxy groups -OCH3 is 1. The van der Waals surface area contributed by atoms with Crippen LogP contribution in [0.2, 0.25) is 0 Å². The van der Waals surface area contributed by atoms with Crippen LogP contribution in [0.4, 0.5) is 0 Å². The zero-order valence-electron chi connectivity index (χ0n) is 15.7. The number of hydrogen-bond acceptors (Lipinski definition) is 8. The summed E-state index contributed by atoms with van der Waals surface area (Å²) in [7, 11) is 1.59. The van der Waals surface area contributed by atoms with Crippen molar-refractivity contribution in [1.29, 1.82) is 0 Å². The van der Waals surface area contributed by atoms with E-state index in [9.17, 15) is 25.2 Å². The van der Waals surface area contributed by atoms with Crippen LogP contribution in [0, 0.1) is 0 Å². The molecule has 0 saturated heterocycles. The quantitative estimate of drug-likeness (QED) is 0.373. The molecule has 2 aromatic rings. The molecule has 0 aliphatic heterocycles. The van der Waals surface area contributed by atoms with Crippen molar-refractivity contribution in [3.05, 3.63) is 42.0 Å². The van der Waals surface area contributed by atoms with Crippen molar-refractivity contribution in [3.8, 4) is 5.75 Å². The zero-order chi connectivity index (χ0) is 20.8. The number of carbonyl (C=O) groups is 1. The number of rotatable bonds is 9. The van der Waals surface area contributed by atoms with Crippen molar-refractivity contribution in [3.63, 3.8) is 0 Å². The van der Waals surface area contributed by atoms with Crippen LogP contribution < -0.4 is 4.74 Å². The Bertz CT molecular complexity index is 793. The standard InChI is InChI=1S/C20H26O8/c1-11(12-3-4-14-8-15(27-2)6-5-13(14)7-12)20(26)28-10-17(23)19(25)18(24)16(22)9-21/h3-8,11,16-19,21-25H,9-10H2,1-2H3/t11-,16-,17+,18-,19-/m0/s1. The molecule has 0 amide bonds. The molecule has 8 nitrogen and oxygen atoms in total. The van der Waals surface area contributed by atoms with Gasteiger partial charge >= 0.3 is 5.97 Å². The van der Waals surface area contributed by atoms with E-state index in [-0.39, 0.29) is 0 Å². The Hall–Kier alpha value is -2.23. The Morgan fingerprint density at radius 2 is 1.57 bits per heavy atom. The maximum atomic E-state index is 12.3. The third kappa shape index (κ3) is 5.18. The summed E-state index contributed by atoms with van der Waals surface area (Å²) in [5, 5.41) is 49.1. The normalized spacial score (nSPS) is 16.8. The maximum absolute atomic E-state index is 12.3. The monoisotopic (exact) mass is 394 g/mol. The molecule has 0 unspecified atom stereocenters. The first-order valence-corrected chi connectivity index (χ1v) is 8.86. The van der Waals surface area contributed by atoms with Crippen molar-refractivity contribution in [2.75, 3.05) is 20.3 Å². The van der Waals surface area contributed by atoms with E-state index in [0.717, 1.165) is 16.5 Å². The fourth-order valence-corrected chi connectivity index (χ4v) is 2.73. The second-order valence-corrected chi connectivity index (χ2v) is 6.62. The highest BCUT2D eigenvalue weighted by Crippen LogP contribution is 2.25. The zero-order valence-corrected chi connectivity index (χ0v) is 15.7. The van der Waals surface area contributed by atoms with Crippen LogP contribution in [0.5, 0.6) is 5.75 Å². The van der Waals surface area contributed by atoms with Gasteiger partial charge in [0.1, 0.15) is 36.8 Å². The largest absolute Gasteiger partial charge is 0.497 e. The SMILES string of the molecule is COc1ccc2cc([C@H](C)C(=O)OC[C@@H](O)[C@H](O)[C@@H](O)[C@@H](O)CO)ccc2c1. The van der Waals surface area contributed by atoms with Crippen molar-refractivity contribution in [1.82, 2.24) is 0 Å². The van der Waals surface area contributed by atoms with Crippen LogP contribution in [0.3, 0.4) is 0 Å². The van der Waals surface area contributed by atoms with Gasteiger partial charge in [-0.25, -0.2) is 0 Å². The molecule has 0 fully saturated rings. The predicted molar refractivity (Wildman–Crippen MR) is 101 cm³/mol. The second kappa shape index (κ2) is 9.81. The number of aliphatic hydroxyl groups is 5. The predicted octanol–water partition coefficient (Wildman–Crippen LogP) is -0.0690. The van der Waals surface area contributed by atoms with Gasteiger partial charge in [0.15, 0.2) is 0 Å². The molecule has 154 valence electrons. The topological polar surface area (TPSA) is 137 Å². The minimum atomic E-state index is -1.78. The first-order chi connectivity index (χ1) is 13.3. The molecule has 2 rings (SSSR count). The average molecular weight is 394 g/mol. The van der Waals surface area contributed by atoms with Gasteiger partial charge in [-0.2, -0.15) is 0 Å². The van der Waals surface area contributed by atoms with E-state index in [0.29, 0.717) is 5.56 Å². The van der Waals surface area contributed by atoms with E-state index in [2.05, 4.69) is 0 Å². The van der Waals surface area contributed by atoms with Crippen molar-refractivity contribution < 1.29 is 39.8 Å².